The highest BCUT2D eigenvalue weighted by Crippen LogP contribution is 2.32. The Morgan fingerprint density at radius 2 is 1.77 bits per heavy atom. The molecule has 31 heavy (non-hydrogen) atoms. The van der Waals surface area contributed by atoms with Gasteiger partial charge in [-0.05, 0) is 62.1 Å². The van der Waals surface area contributed by atoms with E-state index in [0.29, 0.717) is 16.9 Å². The van der Waals surface area contributed by atoms with E-state index in [1.54, 1.807) is 30.3 Å². The van der Waals surface area contributed by atoms with Crippen LogP contribution in [0.1, 0.15) is 47.2 Å². The van der Waals surface area contributed by atoms with Crippen LogP contribution in [0.3, 0.4) is 0 Å². The zero-order valence-electron chi connectivity index (χ0n) is 17.5. The number of imide groups is 1. The molecule has 0 radical (unpaired) electrons. The third-order valence-electron chi connectivity index (χ3n) is 5.72. The molecule has 6 nitrogen and oxygen atoms in total. The predicted molar refractivity (Wildman–Crippen MR) is 121 cm³/mol. The van der Waals surface area contributed by atoms with Crippen LogP contribution in [0.25, 0.3) is 0 Å². The Hall–Kier alpha value is -3.12. The molecule has 0 spiro atoms. The van der Waals surface area contributed by atoms with Gasteiger partial charge in [0.1, 0.15) is 10.7 Å². The molecule has 2 aromatic rings. The number of aryl methyl sites for hydroxylation is 2. The van der Waals surface area contributed by atoms with Crippen LogP contribution in [-0.2, 0) is 9.59 Å². The first-order valence-corrected chi connectivity index (χ1v) is 10.8. The first-order valence-electron chi connectivity index (χ1n) is 10.4. The van der Waals surface area contributed by atoms with Crippen LogP contribution in [0.5, 0.6) is 0 Å². The molecule has 2 N–H and O–H groups in total. The van der Waals surface area contributed by atoms with Gasteiger partial charge in [-0.25, -0.2) is 4.90 Å². The van der Waals surface area contributed by atoms with E-state index in [4.69, 9.17) is 11.6 Å². The molecule has 1 heterocycles. The topological polar surface area (TPSA) is 78.5 Å². The van der Waals surface area contributed by atoms with Crippen molar-refractivity contribution in [2.45, 2.75) is 45.6 Å². The Bertz CT molecular complexity index is 1100. The molecule has 1 aliphatic carbocycles. The lowest BCUT2D eigenvalue weighted by molar-refractivity contribution is -0.120. The molecule has 0 unspecified atom stereocenters. The van der Waals surface area contributed by atoms with E-state index in [-0.39, 0.29) is 22.7 Å². The van der Waals surface area contributed by atoms with Gasteiger partial charge >= 0.3 is 0 Å². The summed E-state index contributed by atoms with van der Waals surface area (Å²) in [5.74, 6) is -1.25. The molecule has 160 valence electrons. The number of anilines is 2. The lowest BCUT2D eigenvalue weighted by Crippen LogP contribution is -2.33. The van der Waals surface area contributed by atoms with E-state index in [0.717, 1.165) is 41.7 Å². The number of rotatable bonds is 5. The van der Waals surface area contributed by atoms with E-state index in [9.17, 15) is 14.4 Å². The third-order valence-corrected chi connectivity index (χ3v) is 6.07. The van der Waals surface area contributed by atoms with Crippen LogP contribution in [0, 0.1) is 13.8 Å². The van der Waals surface area contributed by atoms with Gasteiger partial charge in [0.15, 0.2) is 0 Å². The largest absolute Gasteiger partial charge is 0.350 e. The lowest BCUT2D eigenvalue weighted by Gasteiger charge is -2.18. The van der Waals surface area contributed by atoms with Crippen LogP contribution in [0.2, 0.25) is 0 Å². The van der Waals surface area contributed by atoms with Crippen molar-refractivity contribution < 1.29 is 14.4 Å². The minimum absolute atomic E-state index is 0.000855. The summed E-state index contributed by atoms with van der Waals surface area (Å²) < 4.78 is 0. The van der Waals surface area contributed by atoms with Crippen molar-refractivity contribution in [2.75, 3.05) is 10.2 Å². The molecule has 2 aliphatic rings. The second-order valence-corrected chi connectivity index (χ2v) is 8.46. The zero-order chi connectivity index (χ0) is 22.1. The van der Waals surface area contributed by atoms with Crippen molar-refractivity contribution >= 4 is 40.7 Å². The molecule has 3 amide bonds. The number of nitrogens with zero attached hydrogens (tertiary/aromatic N) is 1. The Balaban J connectivity index is 1.55. The average Bonchev–Trinajstić information content (AvgIpc) is 3.33. The van der Waals surface area contributed by atoms with Crippen LogP contribution in [0.15, 0.2) is 53.2 Å². The SMILES string of the molecule is Cc1ccc(C)c(N2C(=O)C(Cl)=C(Nc3cccc(C(=O)NC4CCCC4)c3)C2=O)c1. The lowest BCUT2D eigenvalue weighted by atomic mass is 10.1. The molecule has 1 saturated carbocycles. The maximum Gasteiger partial charge on any atom is 0.283 e. The van der Waals surface area contributed by atoms with Gasteiger partial charge in [-0.1, -0.05) is 42.6 Å². The number of amides is 3. The van der Waals surface area contributed by atoms with Gasteiger partial charge < -0.3 is 10.6 Å². The average molecular weight is 438 g/mol. The monoisotopic (exact) mass is 437 g/mol. The molecular weight excluding hydrogens is 414 g/mol. The summed E-state index contributed by atoms with van der Waals surface area (Å²) in [5.41, 5.74) is 3.23. The van der Waals surface area contributed by atoms with Gasteiger partial charge in [-0.2, -0.15) is 0 Å². The van der Waals surface area contributed by atoms with E-state index < -0.39 is 11.8 Å². The number of halogens is 1. The number of benzene rings is 2. The van der Waals surface area contributed by atoms with Crippen molar-refractivity contribution in [2.24, 2.45) is 0 Å². The third kappa shape index (κ3) is 4.21. The summed E-state index contributed by atoms with van der Waals surface area (Å²) in [6, 6.07) is 12.6. The second kappa shape index (κ2) is 8.55. The van der Waals surface area contributed by atoms with Crippen molar-refractivity contribution in [1.82, 2.24) is 5.32 Å². The summed E-state index contributed by atoms with van der Waals surface area (Å²) in [6.07, 6.45) is 4.26. The number of carbonyl (C=O) groups is 3. The number of nitrogens with one attached hydrogen (secondary N) is 2. The fourth-order valence-electron chi connectivity index (χ4n) is 4.01. The maximum absolute atomic E-state index is 13.1. The molecule has 7 heteroatoms. The molecule has 2 aromatic carbocycles. The number of hydrogen-bond donors (Lipinski definition) is 2. The summed E-state index contributed by atoms with van der Waals surface area (Å²) in [7, 11) is 0. The summed E-state index contributed by atoms with van der Waals surface area (Å²) in [5, 5.41) is 5.82. The van der Waals surface area contributed by atoms with E-state index in [1.165, 1.54) is 0 Å². The van der Waals surface area contributed by atoms with Crippen molar-refractivity contribution in [1.29, 1.82) is 0 Å². The van der Waals surface area contributed by atoms with Gasteiger partial charge in [0.25, 0.3) is 17.7 Å². The molecule has 0 bridgehead atoms. The summed E-state index contributed by atoms with van der Waals surface area (Å²) in [4.78, 5) is 39.5. The summed E-state index contributed by atoms with van der Waals surface area (Å²) in [6.45, 7) is 3.73. The second-order valence-electron chi connectivity index (χ2n) is 8.09. The van der Waals surface area contributed by atoms with Gasteiger partial charge in [-0.3, -0.25) is 14.4 Å². The van der Waals surface area contributed by atoms with Crippen molar-refractivity contribution in [3.63, 3.8) is 0 Å². The quantitative estimate of drug-likeness (QED) is 0.679. The van der Waals surface area contributed by atoms with E-state index in [2.05, 4.69) is 10.6 Å². The van der Waals surface area contributed by atoms with Crippen LogP contribution in [-0.4, -0.2) is 23.8 Å². The molecule has 1 aliphatic heterocycles. The van der Waals surface area contributed by atoms with E-state index in [1.807, 2.05) is 26.0 Å². The highest BCUT2D eigenvalue weighted by molar-refractivity contribution is 6.53. The van der Waals surface area contributed by atoms with Crippen LogP contribution in [0.4, 0.5) is 11.4 Å². The summed E-state index contributed by atoms with van der Waals surface area (Å²) >= 11 is 6.25. The Morgan fingerprint density at radius 1 is 1.03 bits per heavy atom. The molecular formula is C24H24ClN3O3. The van der Waals surface area contributed by atoms with Gasteiger partial charge in [0.2, 0.25) is 0 Å². The number of hydrogen-bond acceptors (Lipinski definition) is 4. The number of carbonyl (C=O) groups excluding carboxylic acids is 3. The minimum Gasteiger partial charge on any atom is -0.350 e. The first kappa shape index (κ1) is 21.1. The highest BCUT2D eigenvalue weighted by Gasteiger charge is 2.39. The maximum atomic E-state index is 13.1. The van der Waals surface area contributed by atoms with E-state index >= 15 is 0 Å². The normalized spacial score (nSPS) is 16.9. The van der Waals surface area contributed by atoms with Crippen molar-refractivity contribution in [3.8, 4) is 0 Å². The zero-order valence-corrected chi connectivity index (χ0v) is 18.3. The van der Waals surface area contributed by atoms with Crippen LogP contribution < -0.4 is 15.5 Å². The minimum atomic E-state index is -0.571. The molecule has 0 saturated heterocycles. The first-order chi connectivity index (χ1) is 14.8. The Labute approximate surface area is 186 Å². The molecule has 4 rings (SSSR count). The fraction of sp³-hybridized carbons (Fsp3) is 0.292. The smallest absolute Gasteiger partial charge is 0.283 e. The molecule has 0 atom stereocenters. The molecule has 0 aromatic heterocycles. The van der Waals surface area contributed by atoms with Gasteiger partial charge in [0, 0.05) is 17.3 Å². The van der Waals surface area contributed by atoms with Gasteiger partial charge in [0.05, 0.1) is 5.69 Å². The van der Waals surface area contributed by atoms with Gasteiger partial charge in [-0.15, -0.1) is 0 Å². The van der Waals surface area contributed by atoms with Crippen molar-refractivity contribution in [3.05, 3.63) is 69.9 Å². The standard InChI is InChI=1S/C24H24ClN3O3/c1-14-10-11-15(2)19(12-14)28-23(30)20(25)21(24(28)31)26-18-9-5-6-16(13-18)22(29)27-17-7-3-4-8-17/h5-6,9-13,17,26H,3-4,7-8H2,1-2H3,(H,27,29). The van der Waals surface area contributed by atoms with Crippen LogP contribution >= 0.6 is 11.6 Å². The fourth-order valence-corrected chi connectivity index (χ4v) is 4.22. The Morgan fingerprint density at radius 3 is 2.52 bits per heavy atom. The Kier molecular flexibility index (Phi) is 5.83. The predicted octanol–water partition coefficient (Wildman–Crippen LogP) is 4.41. The molecule has 1 fully saturated rings. The highest BCUT2D eigenvalue weighted by atomic mass is 35.5.